The van der Waals surface area contributed by atoms with Crippen molar-refractivity contribution in [2.24, 2.45) is 11.3 Å². The number of fused-ring (bicyclic) bond motifs is 2. The van der Waals surface area contributed by atoms with Crippen molar-refractivity contribution < 1.29 is 9.18 Å². The monoisotopic (exact) mass is 520 g/mol. The molecule has 2 amide bonds. The summed E-state index contributed by atoms with van der Waals surface area (Å²) in [5.41, 5.74) is 6.79. The van der Waals surface area contributed by atoms with Gasteiger partial charge in [0.1, 0.15) is 5.82 Å². The van der Waals surface area contributed by atoms with Crippen LogP contribution in [0.4, 0.5) is 9.18 Å². The Morgan fingerprint density at radius 1 is 1.05 bits per heavy atom. The van der Waals surface area contributed by atoms with Gasteiger partial charge in [0.15, 0.2) is 0 Å². The third-order valence-electron chi connectivity index (χ3n) is 8.55. The Kier molecular flexibility index (Phi) is 6.77. The molecule has 1 saturated carbocycles. The zero-order chi connectivity index (χ0) is 26.8. The lowest BCUT2D eigenvalue weighted by Crippen LogP contribution is -2.39. The van der Waals surface area contributed by atoms with Crippen LogP contribution >= 0.6 is 0 Å². The van der Waals surface area contributed by atoms with E-state index < -0.39 is 0 Å². The van der Waals surface area contributed by atoms with Gasteiger partial charge in [-0.25, -0.2) is 13.9 Å². The Morgan fingerprint density at radius 2 is 1.77 bits per heavy atom. The van der Waals surface area contributed by atoms with E-state index in [0.29, 0.717) is 12.5 Å². The molecule has 39 heavy (non-hydrogen) atoms. The average Bonchev–Trinajstić information content (AvgIpc) is 3.51. The molecule has 1 aromatic heterocycles. The van der Waals surface area contributed by atoms with E-state index in [2.05, 4.69) is 40.9 Å². The number of halogens is 1. The van der Waals surface area contributed by atoms with Crippen molar-refractivity contribution >= 4 is 12.1 Å². The van der Waals surface area contributed by atoms with E-state index in [4.69, 9.17) is 0 Å². The van der Waals surface area contributed by atoms with Gasteiger partial charge in [-0.2, -0.15) is 5.10 Å². The van der Waals surface area contributed by atoms with Gasteiger partial charge in [0.2, 0.25) is 0 Å². The minimum absolute atomic E-state index is 0.00111. The number of rotatable bonds is 7. The maximum absolute atomic E-state index is 13.5. The van der Waals surface area contributed by atoms with Gasteiger partial charge in [0.25, 0.3) is 0 Å². The molecule has 0 spiro atoms. The molecule has 2 N–H and O–H groups in total. The number of amides is 2. The van der Waals surface area contributed by atoms with Crippen molar-refractivity contribution in [2.75, 3.05) is 0 Å². The topological polar surface area (TPSA) is 59.0 Å². The summed E-state index contributed by atoms with van der Waals surface area (Å²) in [5.74, 6) is 0.158. The second-order valence-corrected chi connectivity index (χ2v) is 11.0. The smallest absolute Gasteiger partial charge is 0.315 e. The molecular weight excluding hydrogens is 487 g/mol. The van der Waals surface area contributed by atoms with Gasteiger partial charge in [-0.3, -0.25) is 0 Å². The van der Waals surface area contributed by atoms with Crippen LogP contribution in [-0.2, 0) is 13.0 Å². The molecule has 3 unspecified atom stereocenters. The number of allylic oxidation sites excluding steroid dienone is 1. The molecule has 1 heterocycles. The highest BCUT2D eigenvalue weighted by molar-refractivity contribution is 5.74. The molecule has 0 saturated heterocycles. The molecule has 3 atom stereocenters. The number of hydrogen-bond acceptors (Lipinski definition) is 2. The van der Waals surface area contributed by atoms with Crippen molar-refractivity contribution in [1.82, 2.24) is 20.4 Å². The van der Waals surface area contributed by atoms with Crippen molar-refractivity contribution in [3.05, 3.63) is 125 Å². The Balaban J connectivity index is 1.21. The second-order valence-electron chi connectivity index (χ2n) is 11.0. The molecule has 2 aliphatic carbocycles. The molecular formula is C33H33FN4O. The fraction of sp³-hybridized carbons (Fsp3) is 0.273. The summed E-state index contributed by atoms with van der Waals surface area (Å²) >= 11 is 0. The summed E-state index contributed by atoms with van der Waals surface area (Å²) in [6, 6.07) is 26.5. The van der Waals surface area contributed by atoms with E-state index in [9.17, 15) is 9.18 Å². The molecule has 0 bridgehead atoms. The Bertz CT molecular complexity index is 1480. The minimum Gasteiger partial charge on any atom is -0.334 e. The third kappa shape index (κ3) is 5.11. The van der Waals surface area contributed by atoms with E-state index in [1.165, 1.54) is 23.3 Å². The standard InChI is InChI=1S/C33H33FN4O/c1-33-20-25-22-36-38(29-16-14-28(34)15-17-29)31(25)19-27(33)13-12-26(33)18-30(24-10-6-3-7-11-24)37-32(39)35-21-23-8-4-2-5-9-23/h2-11,14-17,19,22,26,30H,12-13,18,20-21H2,1H3,(H2,35,37,39). The number of carbonyl (C=O) groups excluding carboxylic acids is 1. The minimum atomic E-state index is -0.250. The van der Waals surface area contributed by atoms with Crippen LogP contribution in [0.2, 0.25) is 0 Å². The van der Waals surface area contributed by atoms with Crippen LogP contribution in [0.3, 0.4) is 0 Å². The Morgan fingerprint density at radius 3 is 2.51 bits per heavy atom. The van der Waals surface area contributed by atoms with Gasteiger partial charge in [0.05, 0.1) is 23.6 Å². The van der Waals surface area contributed by atoms with Crippen LogP contribution < -0.4 is 10.6 Å². The number of nitrogens with one attached hydrogen (secondary N) is 2. The first kappa shape index (κ1) is 25.1. The van der Waals surface area contributed by atoms with Gasteiger partial charge in [0, 0.05) is 6.54 Å². The number of benzene rings is 3. The lowest BCUT2D eigenvalue weighted by Gasteiger charge is -2.37. The number of carbonyl (C=O) groups is 1. The zero-order valence-corrected chi connectivity index (χ0v) is 22.1. The molecule has 3 aromatic carbocycles. The SMILES string of the molecule is CC12Cc3cnn(-c4ccc(F)cc4)c3C=C1CCC2CC(NC(=O)NCc1ccccc1)c1ccccc1. The summed E-state index contributed by atoms with van der Waals surface area (Å²) in [4.78, 5) is 13.0. The van der Waals surface area contributed by atoms with Crippen molar-refractivity contribution in [1.29, 1.82) is 0 Å². The summed E-state index contributed by atoms with van der Waals surface area (Å²) < 4.78 is 15.4. The number of aromatic nitrogens is 2. The largest absolute Gasteiger partial charge is 0.334 e. The van der Waals surface area contributed by atoms with E-state index in [0.717, 1.165) is 48.2 Å². The Hall–Kier alpha value is -4.19. The van der Waals surface area contributed by atoms with Crippen molar-refractivity contribution in [3.63, 3.8) is 0 Å². The highest BCUT2D eigenvalue weighted by Crippen LogP contribution is 2.55. The fourth-order valence-electron chi connectivity index (χ4n) is 6.34. The highest BCUT2D eigenvalue weighted by atomic mass is 19.1. The molecule has 4 aromatic rings. The average molecular weight is 521 g/mol. The summed E-state index contributed by atoms with van der Waals surface area (Å²) in [7, 11) is 0. The van der Waals surface area contributed by atoms with E-state index in [1.807, 2.05) is 59.4 Å². The van der Waals surface area contributed by atoms with E-state index in [1.54, 1.807) is 12.1 Å². The van der Waals surface area contributed by atoms with Crippen LogP contribution in [0.5, 0.6) is 0 Å². The summed E-state index contributed by atoms with van der Waals surface area (Å²) in [5, 5.41) is 11.0. The van der Waals surface area contributed by atoms with Gasteiger partial charge < -0.3 is 10.6 Å². The van der Waals surface area contributed by atoms with Crippen LogP contribution in [0.15, 0.2) is 96.7 Å². The number of hydrogen-bond donors (Lipinski definition) is 2. The van der Waals surface area contributed by atoms with Crippen molar-refractivity contribution in [2.45, 2.75) is 45.2 Å². The van der Waals surface area contributed by atoms with E-state index in [-0.39, 0.29) is 23.3 Å². The van der Waals surface area contributed by atoms with Crippen LogP contribution in [0.25, 0.3) is 11.8 Å². The first-order valence-electron chi connectivity index (χ1n) is 13.7. The van der Waals surface area contributed by atoms with E-state index >= 15 is 0 Å². The van der Waals surface area contributed by atoms with Crippen LogP contribution in [0, 0.1) is 17.2 Å². The number of nitrogens with zero attached hydrogens (tertiary/aromatic N) is 2. The fourth-order valence-corrected chi connectivity index (χ4v) is 6.34. The molecule has 198 valence electrons. The molecule has 6 rings (SSSR count). The maximum atomic E-state index is 13.5. The summed E-state index contributed by atoms with van der Waals surface area (Å²) in [6.45, 7) is 2.86. The molecule has 0 aliphatic heterocycles. The normalized spacial score (nSPS) is 20.5. The van der Waals surface area contributed by atoms with Crippen LogP contribution in [0.1, 0.15) is 54.6 Å². The molecule has 1 fully saturated rings. The predicted octanol–water partition coefficient (Wildman–Crippen LogP) is 7.00. The molecule has 5 nitrogen and oxygen atoms in total. The maximum Gasteiger partial charge on any atom is 0.315 e. The zero-order valence-electron chi connectivity index (χ0n) is 22.1. The predicted molar refractivity (Wildman–Crippen MR) is 152 cm³/mol. The molecule has 2 aliphatic rings. The van der Waals surface area contributed by atoms with Gasteiger partial charge >= 0.3 is 6.03 Å². The third-order valence-corrected chi connectivity index (χ3v) is 8.55. The summed E-state index contributed by atoms with van der Waals surface area (Å²) in [6.07, 6.45) is 8.12. The van der Waals surface area contributed by atoms with Gasteiger partial charge in [-0.05, 0) is 84.0 Å². The van der Waals surface area contributed by atoms with Gasteiger partial charge in [-0.15, -0.1) is 0 Å². The first-order valence-corrected chi connectivity index (χ1v) is 13.7. The molecule has 0 radical (unpaired) electrons. The van der Waals surface area contributed by atoms with Gasteiger partial charge in [-0.1, -0.05) is 73.2 Å². The quantitative estimate of drug-likeness (QED) is 0.276. The lowest BCUT2D eigenvalue weighted by atomic mass is 9.68. The number of urea groups is 1. The van der Waals surface area contributed by atoms with Crippen molar-refractivity contribution in [3.8, 4) is 5.69 Å². The second kappa shape index (κ2) is 10.5. The first-order chi connectivity index (χ1) is 19.0. The highest BCUT2D eigenvalue weighted by Gasteiger charge is 2.46. The van der Waals surface area contributed by atoms with Crippen LogP contribution in [-0.4, -0.2) is 15.8 Å². The molecule has 6 heteroatoms. The lowest BCUT2D eigenvalue weighted by molar-refractivity contribution is 0.216. The Labute approximate surface area is 228 Å².